The molecule has 4 heterocycles. The van der Waals surface area contributed by atoms with Gasteiger partial charge in [0.25, 0.3) is 0 Å². The summed E-state index contributed by atoms with van der Waals surface area (Å²) in [7, 11) is 0. The summed E-state index contributed by atoms with van der Waals surface area (Å²) >= 11 is 0. The average molecular weight is 382 g/mol. The third kappa shape index (κ3) is 4.82. The third-order valence-electron chi connectivity index (χ3n) is 5.29. The zero-order valence-corrected chi connectivity index (χ0v) is 15.9. The van der Waals surface area contributed by atoms with Crippen LogP contribution in [-0.4, -0.2) is 53.7 Å². The van der Waals surface area contributed by atoms with Crippen molar-refractivity contribution >= 4 is 17.7 Å². The van der Waals surface area contributed by atoms with Crippen LogP contribution in [0.4, 0.5) is 11.8 Å². The fourth-order valence-corrected chi connectivity index (χ4v) is 3.56. The molecule has 2 saturated heterocycles. The average Bonchev–Trinajstić information content (AvgIpc) is 3.29. The Bertz CT molecular complexity index is 803. The second kappa shape index (κ2) is 9.07. The maximum Gasteiger partial charge on any atom is 0.231 e. The molecule has 1 amide bonds. The maximum absolute atomic E-state index is 12.3. The van der Waals surface area contributed by atoms with Gasteiger partial charge in [-0.3, -0.25) is 10.1 Å². The van der Waals surface area contributed by atoms with Crippen molar-refractivity contribution in [1.82, 2.24) is 20.3 Å². The lowest BCUT2D eigenvalue weighted by molar-refractivity contribution is -0.119. The van der Waals surface area contributed by atoms with Crippen molar-refractivity contribution in [2.24, 2.45) is 11.8 Å². The van der Waals surface area contributed by atoms with Crippen LogP contribution in [0.3, 0.4) is 0 Å². The van der Waals surface area contributed by atoms with Crippen LogP contribution >= 0.6 is 0 Å². The van der Waals surface area contributed by atoms with E-state index in [0.29, 0.717) is 18.4 Å². The predicted molar refractivity (Wildman–Crippen MR) is 107 cm³/mol. The normalized spacial score (nSPS) is 20.1. The van der Waals surface area contributed by atoms with Gasteiger partial charge in [0.2, 0.25) is 11.9 Å². The van der Waals surface area contributed by atoms with Gasteiger partial charge in [0.1, 0.15) is 5.82 Å². The highest BCUT2D eigenvalue weighted by molar-refractivity contribution is 5.91. The summed E-state index contributed by atoms with van der Waals surface area (Å²) in [6.45, 7) is 4.15. The van der Waals surface area contributed by atoms with E-state index in [9.17, 15) is 4.79 Å². The van der Waals surface area contributed by atoms with Crippen molar-refractivity contribution < 1.29 is 9.53 Å². The molecule has 0 unspecified atom stereocenters. The van der Waals surface area contributed by atoms with Gasteiger partial charge in [0.05, 0.1) is 11.6 Å². The first-order valence-electron chi connectivity index (χ1n) is 9.90. The van der Waals surface area contributed by atoms with Gasteiger partial charge in [0.15, 0.2) is 0 Å². The number of hydrogen-bond acceptors (Lipinski definition) is 7. The Morgan fingerprint density at radius 2 is 2.04 bits per heavy atom. The first-order valence-corrected chi connectivity index (χ1v) is 9.90. The monoisotopic (exact) mass is 382 g/mol. The molecule has 4 rings (SSSR count). The Morgan fingerprint density at radius 3 is 2.86 bits per heavy atom. The van der Waals surface area contributed by atoms with Crippen molar-refractivity contribution in [2.75, 3.05) is 43.5 Å². The molecular formula is C20H26N6O2. The molecule has 0 spiro atoms. The van der Waals surface area contributed by atoms with E-state index >= 15 is 0 Å². The molecule has 2 aliphatic rings. The van der Waals surface area contributed by atoms with Crippen LogP contribution in [0.2, 0.25) is 0 Å². The minimum absolute atomic E-state index is 0.0193. The molecule has 2 aliphatic heterocycles. The van der Waals surface area contributed by atoms with E-state index in [1.807, 2.05) is 18.2 Å². The van der Waals surface area contributed by atoms with Crippen LogP contribution in [0, 0.1) is 11.8 Å². The summed E-state index contributed by atoms with van der Waals surface area (Å²) in [5.74, 6) is 1.73. The molecular weight excluding hydrogens is 356 g/mol. The Kier molecular flexibility index (Phi) is 6.08. The molecule has 148 valence electrons. The van der Waals surface area contributed by atoms with E-state index in [0.717, 1.165) is 62.6 Å². The van der Waals surface area contributed by atoms with Gasteiger partial charge in [-0.05, 0) is 49.9 Å². The Labute approximate surface area is 164 Å². The lowest BCUT2D eigenvalue weighted by Gasteiger charge is -2.22. The van der Waals surface area contributed by atoms with E-state index in [4.69, 9.17) is 4.74 Å². The van der Waals surface area contributed by atoms with E-state index in [-0.39, 0.29) is 11.8 Å². The van der Waals surface area contributed by atoms with Crippen molar-refractivity contribution in [3.05, 3.63) is 30.6 Å². The Balaban J connectivity index is 1.41. The SMILES string of the molecule is O=C(Nc1nccc(-c2ccnc(NCC3CCOCC3)c2)n1)[C@@H]1CCNC1. The minimum atomic E-state index is -0.0318. The maximum atomic E-state index is 12.3. The molecule has 0 bridgehead atoms. The lowest BCUT2D eigenvalue weighted by atomic mass is 10.0. The zero-order chi connectivity index (χ0) is 19.2. The van der Waals surface area contributed by atoms with Gasteiger partial charge in [-0.25, -0.2) is 15.0 Å². The fraction of sp³-hybridized carbons (Fsp3) is 0.500. The number of nitrogens with zero attached hydrogens (tertiary/aromatic N) is 3. The lowest BCUT2D eigenvalue weighted by Crippen LogP contribution is -2.25. The van der Waals surface area contributed by atoms with Gasteiger partial charge in [-0.1, -0.05) is 0 Å². The van der Waals surface area contributed by atoms with E-state index in [2.05, 4.69) is 30.9 Å². The molecule has 0 radical (unpaired) electrons. The van der Waals surface area contributed by atoms with Crippen LogP contribution in [0.1, 0.15) is 19.3 Å². The second-order valence-electron chi connectivity index (χ2n) is 7.31. The molecule has 2 fully saturated rings. The first-order chi connectivity index (χ1) is 13.8. The topological polar surface area (TPSA) is 101 Å². The zero-order valence-electron chi connectivity index (χ0n) is 15.9. The highest BCUT2D eigenvalue weighted by Gasteiger charge is 2.23. The number of anilines is 2. The molecule has 3 N–H and O–H groups in total. The molecule has 8 heteroatoms. The van der Waals surface area contributed by atoms with E-state index < -0.39 is 0 Å². The number of amides is 1. The second-order valence-corrected chi connectivity index (χ2v) is 7.31. The smallest absolute Gasteiger partial charge is 0.231 e. The van der Waals surface area contributed by atoms with Crippen LogP contribution in [0.15, 0.2) is 30.6 Å². The predicted octanol–water partition coefficient (Wildman–Crippen LogP) is 1.93. The van der Waals surface area contributed by atoms with Crippen LogP contribution in [0.25, 0.3) is 11.3 Å². The fourth-order valence-electron chi connectivity index (χ4n) is 3.56. The Hall–Kier alpha value is -2.58. The quantitative estimate of drug-likeness (QED) is 0.702. The van der Waals surface area contributed by atoms with Crippen molar-refractivity contribution in [3.63, 3.8) is 0 Å². The minimum Gasteiger partial charge on any atom is -0.381 e. The van der Waals surface area contributed by atoms with Gasteiger partial charge in [-0.2, -0.15) is 0 Å². The van der Waals surface area contributed by atoms with Crippen molar-refractivity contribution in [1.29, 1.82) is 0 Å². The first kappa shape index (κ1) is 18.8. The van der Waals surface area contributed by atoms with Crippen molar-refractivity contribution in [3.8, 4) is 11.3 Å². The highest BCUT2D eigenvalue weighted by atomic mass is 16.5. The van der Waals surface area contributed by atoms with Gasteiger partial charge in [-0.15, -0.1) is 0 Å². The summed E-state index contributed by atoms with van der Waals surface area (Å²) < 4.78 is 5.41. The number of aromatic nitrogens is 3. The summed E-state index contributed by atoms with van der Waals surface area (Å²) in [5.41, 5.74) is 1.69. The molecule has 0 aliphatic carbocycles. The van der Waals surface area contributed by atoms with E-state index in [1.54, 1.807) is 12.4 Å². The number of rotatable bonds is 6. The summed E-state index contributed by atoms with van der Waals surface area (Å²) in [6, 6.07) is 5.73. The van der Waals surface area contributed by atoms with Gasteiger partial charge >= 0.3 is 0 Å². The number of nitrogens with one attached hydrogen (secondary N) is 3. The number of carbonyl (C=O) groups is 1. The summed E-state index contributed by atoms with van der Waals surface area (Å²) in [6.07, 6.45) is 6.45. The molecule has 0 saturated carbocycles. The number of pyridine rings is 1. The van der Waals surface area contributed by atoms with Gasteiger partial charge in [0, 0.05) is 44.3 Å². The molecule has 28 heavy (non-hydrogen) atoms. The van der Waals surface area contributed by atoms with Crippen LogP contribution in [-0.2, 0) is 9.53 Å². The standard InChI is InChI=1S/C20H26N6O2/c27-19(16-1-6-21-13-16)26-20-23-8-3-17(25-20)15-2-7-22-18(11-15)24-12-14-4-9-28-10-5-14/h2-3,7-8,11,14,16,21H,1,4-6,9-10,12-13H2,(H,22,24)(H,23,25,26,27)/t16-/m1/s1. The molecule has 8 nitrogen and oxygen atoms in total. The molecule has 2 aromatic heterocycles. The van der Waals surface area contributed by atoms with E-state index in [1.165, 1.54) is 0 Å². The number of ether oxygens (including phenoxy) is 1. The largest absolute Gasteiger partial charge is 0.381 e. The van der Waals surface area contributed by atoms with Crippen molar-refractivity contribution in [2.45, 2.75) is 19.3 Å². The summed E-state index contributed by atoms with van der Waals surface area (Å²) in [5, 5.41) is 9.45. The summed E-state index contributed by atoms with van der Waals surface area (Å²) in [4.78, 5) is 25.4. The van der Waals surface area contributed by atoms with Crippen LogP contribution < -0.4 is 16.0 Å². The van der Waals surface area contributed by atoms with Gasteiger partial charge < -0.3 is 15.4 Å². The molecule has 1 atom stereocenters. The number of carbonyl (C=O) groups excluding carboxylic acids is 1. The number of hydrogen-bond donors (Lipinski definition) is 3. The van der Waals surface area contributed by atoms with Crippen LogP contribution in [0.5, 0.6) is 0 Å². The Morgan fingerprint density at radius 1 is 1.18 bits per heavy atom. The highest BCUT2D eigenvalue weighted by Crippen LogP contribution is 2.21. The molecule has 0 aromatic carbocycles. The third-order valence-corrected chi connectivity index (χ3v) is 5.29. The molecule has 2 aromatic rings.